The Morgan fingerprint density at radius 3 is 2.57 bits per heavy atom. The fourth-order valence-corrected chi connectivity index (χ4v) is 1.84. The molecule has 2 rings (SSSR count). The van der Waals surface area contributed by atoms with Crippen LogP contribution in [0.3, 0.4) is 0 Å². The highest BCUT2D eigenvalue weighted by molar-refractivity contribution is 5.85. The van der Waals surface area contributed by atoms with Crippen molar-refractivity contribution in [1.82, 2.24) is 4.98 Å². The molecular formula is C15H10F3NO2. The van der Waals surface area contributed by atoms with Gasteiger partial charge in [0.25, 0.3) is 0 Å². The minimum atomic E-state index is -4.54. The lowest BCUT2D eigenvalue weighted by atomic mass is 9.98. The zero-order chi connectivity index (χ0) is 15.5. The molecule has 0 amide bonds. The first-order valence-corrected chi connectivity index (χ1v) is 5.90. The van der Waals surface area contributed by atoms with E-state index in [2.05, 4.69) is 4.98 Å². The van der Waals surface area contributed by atoms with Gasteiger partial charge in [0.05, 0.1) is 5.56 Å². The van der Waals surface area contributed by atoms with Crippen molar-refractivity contribution in [2.24, 2.45) is 0 Å². The zero-order valence-corrected chi connectivity index (χ0v) is 10.6. The highest BCUT2D eigenvalue weighted by Crippen LogP contribution is 2.37. The maximum Gasteiger partial charge on any atom is 0.417 e. The lowest BCUT2D eigenvalue weighted by molar-refractivity contribution is -0.137. The Hall–Kier alpha value is -2.63. The second-order valence-electron chi connectivity index (χ2n) is 4.22. The standard InChI is InChI=1S/C15H10F3NO2/c16-15(17,18)13-8-10(4-6-14(20)21)3-5-12(13)11-2-1-7-19-9-11/h1-9H,(H,20,21)/b6-4+. The molecule has 1 aromatic heterocycles. The highest BCUT2D eigenvalue weighted by Gasteiger charge is 2.33. The summed E-state index contributed by atoms with van der Waals surface area (Å²) in [6.45, 7) is 0. The van der Waals surface area contributed by atoms with Gasteiger partial charge in [-0.2, -0.15) is 13.2 Å². The van der Waals surface area contributed by atoms with E-state index in [1.165, 1.54) is 30.6 Å². The molecule has 0 spiro atoms. The second kappa shape index (κ2) is 5.78. The number of carboxylic acid groups (broad SMARTS) is 1. The van der Waals surface area contributed by atoms with Crippen molar-refractivity contribution in [1.29, 1.82) is 0 Å². The van der Waals surface area contributed by atoms with Crippen LogP contribution in [-0.2, 0) is 11.0 Å². The molecule has 1 aromatic carbocycles. The molecule has 2 aromatic rings. The number of benzene rings is 1. The van der Waals surface area contributed by atoms with Crippen LogP contribution in [-0.4, -0.2) is 16.1 Å². The number of aliphatic carboxylic acids is 1. The van der Waals surface area contributed by atoms with Gasteiger partial charge in [-0.1, -0.05) is 18.2 Å². The monoisotopic (exact) mass is 293 g/mol. The third-order valence-electron chi connectivity index (χ3n) is 2.74. The Morgan fingerprint density at radius 2 is 2.00 bits per heavy atom. The third kappa shape index (κ3) is 3.68. The van der Waals surface area contributed by atoms with Crippen LogP contribution in [0.4, 0.5) is 13.2 Å². The van der Waals surface area contributed by atoms with Gasteiger partial charge in [0.1, 0.15) is 0 Å². The first kappa shape index (κ1) is 14.8. The van der Waals surface area contributed by atoms with Crippen molar-refractivity contribution >= 4 is 12.0 Å². The van der Waals surface area contributed by atoms with Gasteiger partial charge in [0, 0.05) is 24.0 Å². The summed E-state index contributed by atoms with van der Waals surface area (Å²) in [7, 11) is 0. The van der Waals surface area contributed by atoms with Crippen LogP contribution in [0.15, 0.2) is 48.8 Å². The van der Waals surface area contributed by atoms with Crippen molar-refractivity contribution in [3.05, 3.63) is 59.9 Å². The first-order valence-electron chi connectivity index (χ1n) is 5.90. The molecular weight excluding hydrogens is 283 g/mol. The molecule has 21 heavy (non-hydrogen) atoms. The number of carbonyl (C=O) groups is 1. The molecule has 1 N–H and O–H groups in total. The summed E-state index contributed by atoms with van der Waals surface area (Å²) in [5.74, 6) is -1.22. The van der Waals surface area contributed by atoms with E-state index in [0.717, 1.165) is 18.2 Å². The smallest absolute Gasteiger partial charge is 0.417 e. The van der Waals surface area contributed by atoms with E-state index in [4.69, 9.17) is 5.11 Å². The number of aromatic nitrogens is 1. The predicted octanol–water partition coefficient (Wildman–Crippen LogP) is 3.87. The number of alkyl halides is 3. The van der Waals surface area contributed by atoms with Crippen LogP contribution in [0.25, 0.3) is 17.2 Å². The second-order valence-corrected chi connectivity index (χ2v) is 4.22. The number of nitrogens with zero attached hydrogens (tertiary/aromatic N) is 1. The van der Waals surface area contributed by atoms with Crippen molar-refractivity contribution in [2.45, 2.75) is 6.18 Å². The maximum atomic E-state index is 13.2. The molecule has 1 heterocycles. The summed E-state index contributed by atoms with van der Waals surface area (Å²) >= 11 is 0. The quantitative estimate of drug-likeness (QED) is 0.874. The number of rotatable bonds is 3. The van der Waals surface area contributed by atoms with Crippen LogP contribution >= 0.6 is 0 Å². The van der Waals surface area contributed by atoms with E-state index in [0.29, 0.717) is 5.56 Å². The van der Waals surface area contributed by atoms with E-state index < -0.39 is 17.7 Å². The molecule has 3 nitrogen and oxygen atoms in total. The fraction of sp³-hybridized carbons (Fsp3) is 0.0667. The molecule has 0 aliphatic carbocycles. The van der Waals surface area contributed by atoms with Crippen LogP contribution in [0.2, 0.25) is 0 Å². The molecule has 0 radical (unpaired) electrons. The van der Waals surface area contributed by atoms with Gasteiger partial charge in [-0.3, -0.25) is 4.98 Å². The Balaban J connectivity index is 2.54. The molecule has 0 atom stereocenters. The lowest BCUT2D eigenvalue weighted by Crippen LogP contribution is -2.07. The fourth-order valence-electron chi connectivity index (χ4n) is 1.84. The minimum absolute atomic E-state index is 0.00285. The maximum absolute atomic E-state index is 13.2. The summed E-state index contributed by atoms with van der Waals surface area (Å²) in [5, 5.41) is 8.52. The molecule has 0 saturated heterocycles. The molecule has 0 bridgehead atoms. The zero-order valence-electron chi connectivity index (χ0n) is 10.6. The lowest BCUT2D eigenvalue weighted by Gasteiger charge is -2.13. The molecule has 0 aliphatic heterocycles. The van der Waals surface area contributed by atoms with Crippen LogP contribution < -0.4 is 0 Å². The topological polar surface area (TPSA) is 50.2 Å². The average molecular weight is 293 g/mol. The summed E-state index contributed by atoms with van der Waals surface area (Å²) in [4.78, 5) is 14.2. The Bertz CT molecular complexity index is 679. The van der Waals surface area contributed by atoms with E-state index in [-0.39, 0.29) is 11.1 Å². The van der Waals surface area contributed by atoms with Gasteiger partial charge in [0.15, 0.2) is 0 Å². The van der Waals surface area contributed by atoms with Gasteiger partial charge in [0.2, 0.25) is 0 Å². The molecule has 0 unspecified atom stereocenters. The van der Waals surface area contributed by atoms with Gasteiger partial charge in [-0.05, 0) is 29.3 Å². The van der Waals surface area contributed by atoms with Gasteiger partial charge in [-0.15, -0.1) is 0 Å². The number of pyridine rings is 1. The number of halogens is 3. The van der Waals surface area contributed by atoms with Crippen molar-refractivity contribution in [2.75, 3.05) is 0 Å². The van der Waals surface area contributed by atoms with Crippen LogP contribution in [0, 0.1) is 0 Å². The van der Waals surface area contributed by atoms with E-state index in [1.54, 1.807) is 6.07 Å². The van der Waals surface area contributed by atoms with Crippen molar-refractivity contribution in [3.63, 3.8) is 0 Å². The normalized spacial score (nSPS) is 11.8. The summed E-state index contributed by atoms with van der Waals surface area (Å²) in [6.07, 6.45) is 0.181. The van der Waals surface area contributed by atoms with Gasteiger partial charge < -0.3 is 5.11 Å². The Labute approximate surface area is 118 Å². The SMILES string of the molecule is O=C(O)/C=C/c1ccc(-c2cccnc2)c(C(F)(F)F)c1. The summed E-state index contributed by atoms with van der Waals surface area (Å²) < 4.78 is 39.5. The largest absolute Gasteiger partial charge is 0.478 e. The van der Waals surface area contributed by atoms with Crippen molar-refractivity contribution < 1.29 is 23.1 Å². The van der Waals surface area contributed by atoms with E-state index in [9.17, 15) is 18.0 Å². The predicted molar refractivity (Wildman–Crippen MR) is 71.3 cm³/mol. The highest BCUT2D eigenvalue weighted by atomic mass is 19.4. The molecule has 108 valence electrons. The van der Waals surface area contributed by atoms with E-state index in [1.807, 2.05) is 0 Å². The van der Waals surface area contributed by atoms with E-state index >= 15 is 0 Å². The van der Waals surface area contributed by atoms with Crippen molar-refractivity contribution in [3.8, 4) is 11.1 Å². The van der Waals surface area contributed by atoms with Gasteiger partial charge >= 0.3 is 12.1 Å². The molecule has 0 aliphatic rings. The number of hydrogen-bond donors (Lipinski definition) is 1. The number of hydrogen-bond acceptors (Lipinski definition) is 2. The summed E-state index contributed by atoms with van der Waals surface area (Å²) in [6, 6.07) is 6.73. The van der Waals surface area contributed by atoms with Crippen LogP contribution in [0.1, 0.15) is 11.1 Å². The Morgan fingerprint density at radius 1 is 1.24 bits per heavy atom. The Kier molecular flexibility index (Phi) is 4.07. The van der Waals surface area contributed by atoms with Gasteiger partial charge in [-0.25, -0.2) is 4.79 Å². The summed E-state index contributed by atoms with van der Waals surface area (Å²) in [5.41, 5.74) is -0.318. The van der Waals surface area contributed by atoms with Crippen LogP contribution in [0.5, 0.6) is 0 Å². The average Bonchev–Trinajstić information content (AvgIpc) is 2.45. The number of carboxylic acids is 1. The third-order valence-corrected chi connectivity index (χ3v) is 2.74. The molecule has 0 fully saturated rings. The first-order chi connectivity index (χ1) is 9.88. The molecule has 6 heteroatoms. The minimum Gasteiger partial charge on any atom is -0.478 e. The molecule has 0 saturated carbocycles.